The Bertz CT molecular complexity index is 853. The van der Waals surface area contributed by atoms with E-state index >= 15 is 0 Å². The van der Waals surface area contributed by atoms with E-state index in [4.69, 9.17) is 5.11 Å². The lowest BCUT2D eigenvalue weighted by atomic mass is 10.00. The number of carbonyl (C=O) groups is 1. The zero-order valence-corrected chi connectivity index (χ0v) is 15.6. The Balaban J connectivity index is 1.78. The van der Waals surface area contributed by atoms with Crippen LogP contribution in [0.1, 0.15) is 28.8 Å². The molecule has 26 heavy (non-hydrogen) atoms. The quantitative estimate of drug-likeness (QED) is 0.798. The normalized spacial score (nSPS) is 15.8. The van der Waals surface area contributed by atoms with Gasteiger partial charge in [0, 0.05) is 35.6 Å². The molecule has 3 rings (SSSR count). The second-order valence-electron chi connectivity index (χ2n) is 6.42. The number of halogens is 1. The molecule has 0 saturated heterocycles. The van der Waals surface area contributed by atoms with Crippen molar-refractivity contribution in [1.82, 2.24) is 4.90 Å². The van der Waals surface area contributed by atoms with Gasteiger partial charge in [-0.05, 0) is 48.4 Å². The van der Waals surface area contributed by atoms with E-state index < -0.39 is 5.97 Å². The first kappa shape index (κ1) is 18.5. The number of thiophene rings is 1. The third-order valence-corrected chi connectivity index (χ3v) is 5.62. The Labute approximate surface area is 157 Å². The molecule has 0 amide bonds. The predicted molar refractivity (Wildman–Crippen MR) is 104 cm³/mol. The first-order chi connectivity index (χ1) is 12.6. The molecule has 1 aliphatic rings. The SMILES string of the molecule is Cc1ccsc1C(=CCCN1CCC=C(C(=O)O)C1)c1ccccc1F. The van der Waals surface area contributed by atoms with E-state index in [9.17, 15) is 9.18 Å². The fourth-order valence-electron chi connectivity index (χ4n) is 3.20. The van der Waals surface area contributed by atoms with Crippen LogP contribution in [0.25, 0.3) is 5.57 Å². The molecule has 1 aliphatic heterocycles. The Morgan fingerprint density at radius 2 is 2.15 bits per heavy atom. The molecule has 1 aromatic heterocycles. The van der Waals surface area contributed by atoms with Gasteiger partial charge in [0.05, 0.1) is 0 Å². The van der Waals surface area contributed by atoms with Gasteiger partial charge in [-0.3, -0.25) is 4.90 Å². The molecule has 5 heteroatoms. The molecule has 1 aromatic carbocycles. The molecule has 2 aromatic rings. The van der Waals surface area contributed by atoms with Crippen LogP contribution in [0, 0.1) is 12.7 Å². The minimum absolute atomic E-state index is 0.222. The van der Waals surface area contributed by atoms with E-state index in [0.717, 1.165) is 41.9 Å². The Morgan fingerprint density at radius 3 is 2.85 bits per heavy atom. The first-order valence-corrected chi connectivity index (χ1v) is 9.58. The maximum atomic E-state index is 14.4. The van der Waals surface area contributed by atoms with Gasteiger partial charge in [-0.15, -0.1) is 11.3 Å². The Hall–Kier alpha value is -2.24. The fraction of sp³-hybridized carbons (Fsp3) is 0.286. The van der Waals surface area contributed by atoms with E-state index in [1.165, 1.54) is 6.07 Å². The van der Waals surface area contributed by atoms with Gasteiger partial charge in [0.2, 0.25) is 0 Å². The summed E-state index contributed by atoms with van der Waals surface area (Å²) >= 11 is 1.62. The number of aryl methyl sites for hydroxylation is 1. The maximum absolute atomic E-state index is 14.4. The molecule has 0 radical (unpaired) electrons. The highest BCUT2D eigenvalue weighted by atomic mass is 32.1. The molecular weight excluding hydrogens is 349 g/mol. The Morgan fingerprint density at radius 1 is 1.35 bits per heavy atom. The molecule has 136 valence electrons. The fourth-order valence-corrected chi connectivity index (χ4v) is 4.18. The van der Waals surface area contributed by atoms with Crippen LogP contribution in [0.4, 0.5) is 4.39 Å². The van der Waals surface area contributed by atoms with Gasteiger partial charge in [0.15, 0.2) is 0 Å². The second kappa shape index (κ2) is 8.43. The van der Waals surface area contributed by atoms with Gasteiger partial charge in [0.1, 0.15) is 5.82 Å². The number of benzene rings is 1. The number of rotatable bonds is 6. The van der Waals surface area contributed by atoms with Crippen LogP contribution in [0.2, 0.25) is 0 Å². The standard InChI is InChI=1S/C21H22FNO2S/c1-15-10-13-26-20(15)18(17-7-2-3-9-19(17)22)8-5-12-23-11-4-6-16(14-23)21(24)25/h2-3,6-10,13H,4-5,11-12,14H2,1H3,(H,24,25). The zero-order valence-electron chi connectivity index (χ0n) is 14.7. The molecule has 0 unspecified atom stereocenters. The maximum Gasteiger partial charge on any atom is 0.332 e. The van der Waals surface area contributed by atoms with Crippen molar-refractivity contribution in [2.75, 3.05) is 19.6 Å². The summed E-state index contributed by atoms with van der Waals surface area (Å²) in [5, 5.41) is 11.2. The van der Waals surface area contributed by atoms with Crippen LogP contribution in [0.3, 0.4) is 0 Å². The van der Waals surface area contributed by atoms with Crippen LogP contribution in [-0.2, 0) is 4.79 Å². The van der Waals surface area contributed by atoms with Crippen molar-refractivity contribution < 1.29 is 14.3 Å². The van der Waals surface area contributed by atoms with Gasteiger partial charge in [-0.2, -0.15) is 0 Å². The Kier molecular flexibility index (Phi) is 6.01. The number of aliphatic carboxylic acids is 1. The van der Waals surface area contributed by atoms with Crippen LogP contribution >= 0.6 is 11.3 Å². The minimum Gasteiger partial charge on any atom is -0.478 e. The number of hydrogen-bond acceptors (Lipinski definition) is 3. The highest BCUT2D eigenvalue weighted by molar-refractivity contribution is 7.11. The van der Waals surface area contributed by atoms with Crippen molar-refractivity contribution in [3.8, 4) is 0 Å². The lowest BCUT2D eigenvalue weighted by Crippen LogP contribution is -2.32. The van der Waals surface area contributed by atoms with Crippen molar-refractivity contribution in [2.45, 2.75) is 19.8 Å². The molecule has 0 saturated carbocycles. The van der Waals surface area contributed by atoms with E-state index in [2.05, 4.69) is 11.0 Å². The molecule has 0 atom stereocenters. The zero-order chi connectivity index (χ0) is 18.5. The van der Waals surface area contributed by atoms with Crippen LogP contribution < -0.4 is 0 Å². The third kappa shape index (κ3) is 4.29. The van der Waals surface area contributed by atoms with Crippen LogP contribution in [0.15, 0.2) is 53.4 Å². The van der Waals surface area contributed by atoms with Gasteiger partial charge in [0.25, 0.3) is 0 Å². The van der Waals surface area contributed by atoms with Gasteiger partial charge in [-0.1, -0.05) is 30.4 Å². The summed E-state index contributed by atoms with van der Waals surface area (Å²) in [7, 11) is 0. The number of nitrogens with zero attached hydrogens (tertiary/aromatic N) is 1. The van der Waals surface area contributed by atoms with E-state index in [-0.39, 0.29) is 5.82 Å². The highest BCUT2D eigenvalue weighted by Gasteiger charge is 2.17. The molecule has 3 nitrogen and oxygen atoms in total. The molecular formula is C21H22FNO2S. The van der Waals surface area contributed by atoms with E-state index in [1.54, 1.807) is 23.5 Å². The monoisotopic (exact) mass is 371 g/mol. The largest absolute Gasteiger partial charge is 0.478 e. The highest BCUT2D eigenvalue weighted by Crippen LogP contribution is 2.32. The van der Waals surface area contributed by atoms with Gasteiger partial charge < -0.3 is 5.11 Å². The van der Waals surface area contributed by atoms with Crippen LogP contribution in [-0.4, -0.2) is 35.6 Å². The topological polar surface area (TPSA) is 40.5 Å². The minimum atomic E-state index is -0.841. The summed E-state index contributed by atoms with van der Waals surface area (Å²) < 4.78 is 14.4. The van der Waals surface area contributed by atoms with Crippen molar-refractivity contribution in [3.05, 3.63) is 75.3 Å². The summed E-state index contributed by atoms with van der Waals surface area (Å²) in [5.41, 5.74) is 3.13. The summed E-state index contributed by atoms with van der Waals surface area (Å²) in [4.78, 5) is 14.4. The lowest BCUT2D eigenvalue weighted by molar-refractivity contribution is -0.133. The average Bonchev–Trinajstić information content (AvgIpc) is 3.06. The van der Waals surface area contributed by atoms with Crippen molar-refractivity contribution in [3.63, 3.8) is 0 Å². The summed E-state index contributed by atoms with van der Waals surface area (Å²) in [6, 6.07) is 8.89. The molecule has 0 aliphatic carbocycles. The van der Waals surface area contributed by atoms with E-state index in [1.807, 2.05) is 30.5 Å². The predicted octanol–water partition coefficient (Wildman–Crippen LogP) is 4.73. The molecule has 0 fully saturated rings. The van der Waals surface area contributed by atoms with Gasteiger partial charge in [-0.25, -0.2) is 9.18 Å². The summed E-state index contributed by atoms with van der Waals surface area (Å²) in [5.74, 6) is -1.06. The molecule has 0 bridgehead atoms. The molecule has 1 N–H and O–H groups in total. The van der Waals surface area contributed by atoms with Crippen molar-refractivity contribution in [2.24, 2.45) is 0 Å². The van der Waals surface area contributed by atoms with Crippen LogP contribution in [0.5, 0.6) is 0 Å². The summed E-state index contributed by atoms with van der Waals surface area (Å²) in [6.45, 7) is 4.12. The smallest absolute Gasteiger partial charge is 0.332 e. The number of carboxylic acid groups (broad SMARTS) is 1. The third-order valence-electron chi connectivity index (χ3n) is 4.57. The van der Waals surface area contributed by atoms with Crippen molar-refractivity contribution >= 4 is 22.9 Å². The van der Waals surface area contributed by atoms with Crippen molar-refractivity contribution in [1.29, 1.82) is 0 Å². The second-order valence-corrected chi connectivity index (χ2v) is 7.33. The average molecular weight is 371 g/mol. The molecule has 0 spiro atoms. The van der Waals surface area contributed by atoms with Gasteiger partial charge >= 0.3 is 5.97 Å². The lowest BCUT2D eigenvalue weighted by Gasteiger charge is -2.25. The van der Waals surface area contributed by atoms with E-state index in [0.29, 0.717) is 17.7 Å². The molecule has 2 heterocycles. The number of hydrogen-bond donors (Lipinski definition) is 1. The summed E-state index contributed by atoms with van der Waals surface area (Å²) in [6.07, 6.45) is 5.38. The number of carboxylic acids is 1. The first-order valence-electron chi connectivity index (χ1n) is 8.70.